The second-order valence-corrected chi connectivity index (χ2v) is 13.8. The maximum atomic E-state index is 13.2. The van der Waals surface area contributed by atoms with Crippen LogP contribution in [0.25, 0.3) is 10.9 Å². The second-order valence-electron chi connectivity index (χ2n) is 12.1. The summed E-state index contributed by atoms with van der Waals surface area (Å²) in [4.78, 5) is 37.9. The molecule has 1 aromatic heterocycles. The maximum absolute atomic E-state index is 13.2. The summed E-state index contributed by atoms with van der Waals surface area (Å²) >= 11 is 0. The number of H-pyrrole nitrogens is 1. The van der Waals surface area contributed by atoms with Gasteiger partial charge in [0.05, 0.1) is 39.1 Å². The van der Waals surface area contributed by atoms with Crippen molar-refractivity contribution in [3.8, 4) is 5.75 Å². The average Bonchev–Trinajstić information content (AvgIpc) is 3.41. The molecule has 2 atom stereocenters. The summed E-state index contributed by atoms with van der Waals surface area (Å²) in [5.41, 5.74) is 1.31. The lowest BCUT2D eigenvalue weighted by Crippen LogP contribution is -2.30. The molecule has 5 N–H and O–H groups in total. The monoisotopic (exact) mass is 715 g/mol. The van der Waals surface area contributed by atoms with Gasteiger partial charge in [-0.3, -0.25) is 14.3 Å². The number of carbonyl (C=O) groups excluding carboxylic acids is 2. The largest absolute Gasteiger partial charge is 0.490 e. The number of nitrogens with one attached hydrogen (secondary N) is 5. The third-order valence-electron chi connectivity index (χ3n) is 8.14. The number of aromatic nitrogens is 1. The number of pyridine rings is 1. The van der Waals surface area contributed by atoms with Gasteiger partial charge in [-0.15, -0.1) is 0 Å². The highest BCUT2D eigenvalue weighted by atomic mass is 32.2. The summed E-state index contributed by atoms with van der Waals surface area (Å²) in [5.74, 6) is 0.246. The summed E-state index contributed by atoms with van der Waals surface area (Å²) in [6, 6.07) is 13.2. The van der Waals surface area contributed by atoms with Crippen LogP contribution in [-0.2, 0) is 29.0 Å². The minimum Gasteiger partial charge on any atom is -0.490 e. The molecular weight excluding hydrogens is 666 g/mol. The van der Waals surface area contributed by atoms with Crippen molar-refractivity contribution >= 4 is 38.6 Å². The molecule has 274 valence electrons. The van der Waals surface area contributed by atoms with Gasteiger partial charge < -0.3 is 39.9 Å². The first-order chi connectivity index (χ1) is 24.1. The number of sulfonamides is 1. The van der Waals surface area contributed by atoms with Gasteiger partial charge in [0.1, 0.15) is 17.3 Å². The van der Waals surface area contributed by atoms with Gasteiger partial charge in [-0.05, 0) is 69.5 Å². The number of fused-ring (bicyclic) bond motifs is 1. The van der Waals surface area contributed by atoms with E-state index >= 15 is 0 Å². The molecule has 0 unspecified atom stereocenters. The van der Waals surface area contributed by atoms with Crippen LogP contribution in [0.4, 0.5) is 10.5 Å². The molecule has 50 heavy (non-hydrogen) atoms. The Morgan fingerprint density at radius 2 is 1.56 bits per heavy atom. The van der Waals surface area contributed by atoms with E-state index in [2.05, 4.69) is 25.7 Å². The summed E-state index contributed by atoms with van der Waals surface area (Å²) in [5, 5.41) is 9.38. The smallest absolute Gasteiger partial charge is 0.315 e. The fourth-order valence-electron chi connectivity index (χ4n) is 5.41. The standard InChI is InChI=1S/C35H49N5O9S/c1-25-23-27-24-28(13-14-30(27)38-34(25)42)40-50(44,45)32-11-7-6-10-31(32)49-22-21-48-20-19-47-18-17-46-16-8-15-36-33(41)12-5-3-4-9-29-26(2)37-35(43)39-29/h6-7,10-11,13-14,23-24,26,29,40H,3-5,8-9,12,15-22H2,1-2H3,(H,36,41)(H,38,42)(H2,37,39,43)/t26-,29+/m0/s1. The Morgan fingerprint density at radius 3 is 2.30 bits per heavy atom. The molecule has 0 radical (unpaired) electrons. The number of amides is 3. The van der Waals surface area contributed by atoms with Crippen molar-refractivity contribution in [3.05, 3.63) is 64.4 Å². The van der Waals surface area contributed by atoms with E-state index in [4.69, 9.17) is 18.9 Å². The van der Waals surface area contributed by atoms with Gasteiger partial charge in [0.25, 0.3) is 15.6 Å². The van der Waals surface area contributed by atoms with Gasteiger partial charge in [-0.2, -0.15) is 0 Å². The highest BCUT2D eigenvalue weighted by Gasteiger charge is 2.27. The Bertz CT molecular complexity index is 1720. The van der Waals surface area contributed by atoms with E-state index in [0.29, 0.717) is 74.6 Å². The Labute approximate surface area is 293 Å². The maximum Gasteiger partial charge on any atom is 0.315 e. The first-order valence-electron chi connectivity index (χ1n) is 17.1. The van der Waals surface area contributed by atoms with Crippen molar-refractivity contribution in [1.82, 2.24) is 20.9 Å². The van der Waals surface area contributed by atoms with E-state index in [1.165, 1.54) is 6.07 Å². The van der Waals surface area contributed by atoms with Crippen LogP contribution in [0.15, 0.2) is 58.2 Å². The zero-order valence-corrected chi connectivity index (χ0v) is 29.6. The molecule has 1 aliphatic rings. The van der Waals surface area contributed by atoms with Crippen LogP contribution in [0, 0.1) is 6.92 Å². The lowest BCUT2D eigenvalue weighted by atomic mass is 10.0. The molecule has 2 aromatic carbocycles. The van der Waals surface area contributed by atoms with Gasteiger partial charge in [-0.1, -0.05) is 25.0 Å². The number of unbranched alkanes of at least 4 members (excludes halogenated alkanes) is 2. The van der Waals surface area contributed by atoms with Crippen LogP contribution >= 0.6 is 0 Å². The lowest BCUT2D eigenvalue weighted by molar-refractivity contribution is -0.121. The first kappa shape index (κ1) is 38.6. The van der Waals surface area contributed by atoms with Crippen molar-refractivity contribution in [2.45, 2.75) is 69.4 Å². The number of benzene rings is 2. The zero-order valence-electron chi connectivity index (χ0n) is 28.8. The van der Waals surface area contributed by atoms with Crippen molar-refractivity contribution < 1.29 is 37.0 Å². The number of urea groups is 1. The van der Waals surface area contributed by atoms with Crippen molar-refractivity contribution in [1.29, 1.82) is 0 Å². The summed E-state index contributed by atoms with van der Waals surface area (Å²) in [7, 11) is -3.96. The van der Waals surface area contributed by atoms with E-state index < -0.39 is 10.0 Å². The molecule has 1 aliphatic heterocycles. The zero-order chi connectivity index (χ0) is 35.8. The van der Waals surface area contributed by atoms with Crippen molar-refractivity contribution in [2.24, 2.45) is 0 Å². The first-order valence-corrected chi connectivity index (χ1v) is 18.6. The van der Waals surface area contributed by atoms with Crippen LogP contribution in [0.3, 0.4) is 0 Å². The predicted molar refractivity (Wildman–Crippen MR) is 190 cm³/mol. The molecule has 14 nitrogen and oxygen atoms in total. The highest BCUT2D eigenvalue weighted by molar-refractivity contribution is 7.92. The van der Waals surface area contributed by atoms with Crippen LogP contribution in [0.2, 0.25) is 0 Å². The molecule has 15 heteroatoms. The second kappa shape index (κ2) is 19.9. The van der Waals surface area contributed by atoms with Gasteiger partial charge >= 0.3 is 6.03 Å². The Balaban J connectivity index is 0.989. The lowest BCUT2D eigenvalue weighted by Gasteiger charge is -2.14. The predicted octanol–water partition coefficient (Wildman–Crippen LogP) is 3.59. The molecule has 0 saturated carbocycles. The van der Waals surface area contributed by atoms with Gasteiger partial charge in [0.15, 0.2) is 0 Å². The molecule has 0 aliphatic carbocycles. The number of hydrogen-bond acceptors (Lipinski definition) is 9. The van der Waals surface area contributed by atoms with E-state index in [1.807, 2.05) is 6.92 Å². The van der Waals surface area contributed by atoms with Crippen molar-refractivity contribution in [3.63, 3.8) is 0 Å². The fraction of sp³-hybridized carbons (Fsp3) is 0.514. The average molecular weight is 716 g/mol. The molecular formula is C35H49N5O9S. The Morgan fingerprint density at radius 1 is 0.840 bits per heavy atom. The van der Waals surface area contributed by atoms with E-state index in [-0.39, 0.29) is 53.4 Å². The molecule has 0 bridgehead atoms. The van der Waals surface area contributed by atoms with Gasteiger partial charge in [0, 0.05) is 47.8 Å². The number of rotatable bonds is 23. The number of aromatic amines is 1. The Hall–Kier alpha value is -4.18. The van der Waals surface area contributed by atoms with Crippen LogP contribution in [-0.4, -0.2) is 90.2 Å². The fourth-order valence-corrected chi connectivity index (χ4v) is 6.61. The molecule has 2 heterocycles. The van der Waals surface area contributed by atoms with Gasteiger partial charge in [0.2, 0.25) is 5.91 Å². The summed E-state index contributed by atoms with van der Waals surface area (Å²) < 4.78 is 51.4. The molecule has 3 aromatic rings. The van der Waals surface area contributed by atoms with Crippen LogP contribution in [0.5, 0.6) is 5.75 Å². The number of hydrogen-bond donors (Lipinski definition) is 5. The number of anilines is 1. The minimum absolute atomic E-state index is 0.00393. The third kappa shape index (κ3) is 12.6. The third-order valence-corrected chi connectivity index (χ3v) is 9.56. The van der Waals surface area contributed by atoms with Crippen LogP contribution in [0.1, 0.15) is 51.0 Å². The Kier molecular flexibility index (Phi) is 15.3. The number of para-hydroxylation sites is 1. The van der Waals surface area contributed by atoms with Gasteiger partial charge in [-0.25, -0.2) is 13.2 Å². The molecule has 1 saturated heterocycles. The summed E-state index contributed by atoms with van der Waals surface area (Å²) in [6.45, 7) is 6.72. The summed E-state index contributed by atoms with van der Waals surface area (Å²) in [6.07, 6.45) is 4.89. The van der Waals surface area contributed by atoms with Crippen LogP contribution < -0.4 is 31.0 Å². The normalized spacial score (nSPS) is 15.8. The number of carbonyl (C=O) groups is 2. The highest BCUT2D eigenvalue weighted by Crippen LogP contribution is 2.27. The van der Waals surface area contributed by atoms with E-state index in [1.54, 1.807) is 49.4 Å². The van der Waals surface area contributed by atoms with E-state index in [9.17, 15) is 22.8 Å². The minimum atomic E-state index is -3.96. The molecule has 3 amide bonds. The SMILES string of the molecule is Cc1cc2cc(NS(=O)(=O)c3ccccc3OCCOCCOCCOCCCNC(=O)CCCCC[C@H]3NC(=O)N[C@H]3C)ccc2[nH]c1=O. The van der Waals surface area contributed by atoms with E-state index in [0.717, 1.165) is 25.7 Å². The number of ether oxygens (including phenoxy) is 4. The quantitative estimate of drug-likeness (QED) is 0.0916. The van der Waals surface area contributed by atoms with Crippen molar-refractivity contribution in [2.75, 3.05) is 57.5 Å². The molecule has 1 fully saturated rings. The molecule has 4 rings (SSSR count). The number of aryl methyl sites for hydroxylation is 1. The topological polar surface area (TPSA) is 186 Å². The molecule has 0 spiro atoms.